The fourth-order valence-corrected chi connectivity index (χ4v) is 1.18. The van der Waals surface area contributed by atoms with Crippen LogP contribution in [0, 0.1) is 10.1 Å². The molecule has 0 spiro atoms. The Morgan fingerprint density at radius 2 is 2.00 bits per heavy atom. The molecule has 1 unspecified atom stereocenters. The van der Waals surface area contributed by atoms with Gasteiger partial charge in [-0.05, 0) is 12.1 Å². The average molecular weight is 206 g/mol. The van der Waals surface area contributed by atoms with Gasteiger partial charge in [-0.3, -0.25) is 14.9 Å². The molecule has 1 aliphatic rings. The lowest BCUT2D eigenvalue weighted by Crippen LogP contribution is -2.33. The lowest BCUT2D eigenvalue weighted by molar-refractivity contribution is -0.505. The predicted octanol–water partition coefficient (Wildman–Crippen LogP) is 1.00. The molecule has 0 saturated heterocycles. The number of hydrogen-bond acceptors (Lipinski definition) is 5. The summed E-state index contributed by atoms with van der Waals surface area (Å²) in [4.78, 5) is 21.1. The molecule has 0 bridgehead atoms. The van der Waals surface area contributed by atoms with Gasteiger partial charge in [-0.15, -0.1) is 0 Å². The van der Waals surface area contributed by atoms with Crippen molar-refractivity contribution in [2.75, 3.05) is 5.01 Å². The third-order valence-electron chi connectivity index (χ3n) is 1.88. The summed E-state index contributed by atoms with van der Waals surface area (Å²) in [5, 5.41) is 18.1. The third-order valence-corrected chi connectivity index (χ3v) is 1.88. The molecular formula is C8H6N4O3. The molecule has 7 nitrogen and oxygen atoms in total. The molecule has 0 saturated carbocycles. The zero-order valence-corrected chi connectivity index (χ0v) is 7.48. The molecule has 7 heteroatoms. The highest BCUT2D eigenvalue weighted by atomic mass is 16.6. The van der Waals surface area contributed by atoms with E-state index in [1.807, 2.05) is 0 Å². The molecule has 1 atom stereocenters. The largest absolute Gasteiger partial charge is 0.402 e. The van der Waals surface area contributed by atoms with Gasteiger partial charge in [0.15, 0.2) is 0 Å². The molecule has 2 rings (SSSR count). The van der Waals surface area contributed by atoms with Crippen LogP contribution < -0.4 is 5.01 Å². The summed E-state index contributed by atoms with van der Waals surface area (Å²) < 4.78 is 0. The molecule has 76 valence electrons. The second-order valence-electron chi connectivity index (χ2n) is 2.85. The topological polar surface area (TPSA) is 88.2 Å². The second kappa shape index (κ2) is 3.45. The van der Waals surface area contributed by atoms with E-state index >= 15 is 0 Å². The SMILES string of the molecule is O=C1C([N+](=O)[O-])N=NN1c1ccccc1. The molecule has 1 aliphatic heterocycles. The molecule has 0 aromatic heterocycles. The fraction of sp³-hybridized carbons (Fsp3) is 0.125. The number of para-hydroxylation sites is 1. The first kappa shape index (κ1) is 9.25. The van der Waals surface area contributed by atoms with Crippen molar-refractivity contribution in [1.82, 2.24) is 0 Å². The Morgan fingerprint density at radius 1 is 1.33 bits per heavy atom. The number of anilines is 1. The van der Waals surface area contributed by atoms with Crippen LogP contribution in [0.2, 0.25) is 0 Å². The summed E-state index contributed by atoms with van der Waals surface area (Å²) in [6.07, 6.45) is -1.61. The van der Waals surface area contributed by atoms with E-state index in [2.05, 4.69) is 10.3 Å². The molecular weight excluding hydrogens is 200 g/mol. The van der Waals surface area contributed by atoms with Gasteiger partial charge in [0.25, 0.3) is 0 Å². The highest BCUT2D eigenvalue weighted by molar-refractivity contribution is 5.96. The molecule has 15 heavy (non-hydrogen) atoms. The standard InChI is InChI=1S/C8H6N4O3/c13-8-7(12(14)15)9-10-11(8)6-4-2-1-3-5-6/h1-5,7H. The summed E-state index contributed by atoms with van der Waals surface area (Å²) in [6, 6.07) is 8.43. The lowest BCUT2D eigenvalue weighted by Gasteiger charge is -2.08. The highest BCUT2D eigenvalue weighted by Crippen LogP contribution is 2.20. The highest BCUT2D eigenvalue weighted by Gasteiger charge is 2.40. The Labute approximate surface area is 84.1 Å². The zero-order chi connectivity index (χ0) is 10.8. The molecule has 0 radical (unpaired) electrons. The number of carbonyl (C=O) groups excluding carboxylic acids is 1. The Bertz CT molecular complexity index is 431. The van der Waals surface area contributed by atoms with Gasteiger partial charge in [-0.1, -0.05) is 28.5 Å². The molecule has 1 aromatic carbocycles. The Hall–Kier alpha value is -2.31. The van der Waals surface area contributed by atoms with E-state index in [0.717, 1.165) is 5.01 Å². The first-order valence-electron chi connectivity index (χ1n) is 4.13. The Balaban J connectivity index is 2.26. The number of nitro groups is 1. The van der Waals surface area contributed by atoms with Gasteiger partial charge in [0.05, 0.1) is 10.6 Å². The molecule has 0 aliphatic carbocycles. The summed E-state index contributed by atoms with van der Waals surface area (Å²) in [5.74, 6) is -0.744. The number of amides is 1. The van der Waals surface area contributed by atoms with Crippen molar-refractivity contribution in [3.05, 3.63) is 40.4 Å². The van der Waals surface area contributed by atoms with Crippen molar-refractivity contribution in [2.24, 2.45) is 10.3 Å². The van der Waals surface area contributed by atoms with Gasteiger partial charge >= 0.3 is 12.1 Å². The van der Waals surface area contributed by atoms with Crippen LogP contribution in [0.25, 0.3) is 0 Å². The minimum Gasteiger partial charge on any atom is -0.262 e. The van der Waals surface area contributed by atoms with E-state index < -0.39 is 17.0 Å². The van der Waals surface area contributed by atoms with Crippen molar-refractivity contribution in [3.63, 3.8) is 0 Å². The first-order valence-corrected chi connectivity index (χ1v) is 4.13. The molecule has 1 aromatic rings. The average Bonchev–Trinajstić information content (AvgIpc) is 2.61. The number of hydrogen-bond donors (Lipinski definition) is 0. The van der Waals surface area contributed by atoms with Gasteiger partial charge in [-0.2, -0.15) is 5.01 Å². The van der Waals surface area contributed by atoms with Crippen LogP contribution in [0.3, 0.4) is 0 Å². The van der Waals surface area contributed by atoms with Crippen molar-refractivity contribution >= 4 is 11.6 Å². The Kier molecular flexibility index (Phi) is 2.13. The van der Waals surface area contributed by atoms with Gasteiger partial charge in [0, 0.05) is 0 Å². The summed E-state index contributed by atoms with van der Waals surface area (Å²) in [6.45, 7) is 0. The van der Waals surface area contributed by atoms with Crippen LogP contribution in [0.15, 0.2) is 40.7 Å². The third kappa shape index (κ3) is 1.54. The fourth-order valence-electron chi connectivity index (χ4n) is 1.18. The maximum absolute atomic E-state index is 11.4. The number of nitrogens with zero attached hydrogens (tertiary/aromatic N) is 4. The minimum absolute atomic E-state index is 0.468. The summed E-state index contributed by atoms with van der Waals surface area (Å²) in [5.41, 5.74) is 0.468. The van der Waals surface area contributed by atoms with E-state index in [0.29, 0.717) is 5.69 Å². The van der Waals surface area contributed by atoms with Gasteiger partial charge in [-0.25, -0.2) is 0 Å². The summed E-state index contributed by atoms with van der Waals surface area (Å²) >= 11 is 0. The van der Waals surface area contributed by atoms with Gasteiger partial charge in [0.2, 0.25) is 0 Å². The van der Waals surface area contributed by atoms with Crippen LogP contribution >= 0.6 is 0 Å². The minimum atomic E-state index is -1.61. The van der Waals surface area contributed by atoms with E-state index in [1.165, 1.54) is 0 Å². The molecule has 0 N–H and O–H groups in total. The van der Waals surface area contributed by atoms with Crippen molar-refractivity contribution < 1.29 is 9.72 Å². The molecule has 0 fully saturated rings. The quantitative estimate of drug-likeness (QED) is 0.534. The maximum Gasteiger partial charge on any atom is 0.402 e. The van der Waals surface area contributed by atoms with E-state index in [9.17, 15) is 14.9 Å². The van der Waals surface area contributed by atoms with E-state index in [-0.39, 0.29) is 0 Å². The van der Waals surface area contributed by atoms with Crippen LogP contribution in [-0.2, 0) is 4.79 Å². The van der Waals surface area contributed by atoms with E-state index in [4.69, 9.17) is 0 Å². The van der Waals surface area contributed by atoms with Gasteiger partial charge < -0.3 is 0 Å². The zero-order valence-electron chi connectivity index (χ0n) is 7.48. The smallest absolute Gasteiger partial charge is 0.262 e. The second-order valence-corrected chi connectivity index (χ2v) is 2.85. The lowest BCUT2D eigenvalue weighted by atomic mass is 10.3. The Morgan fingerprint density at radius 3 is 2.53 bits per heavy atom. The summed E-state index contributed by atoms with van der Waals surface area (Å²) in [7, 11) is 0. The van der Waals surface area contributed by atoms with Gasteiger partial charge in [0.1, 0.15) is 0 Å². The van der Waals surface area contributed by atoms with Crippen molar-refractivity contribution in [2.45, 2.75) is 6.17 Å². The number of carbonyl (C=O) groups is 1. The van der Waals surface area contributed by atoms with Crippen molar-refractivity contribution in [3.8, 4) is 0 Å². The van der Waals surface area contributed by atoms with E-state index in [1.54, 1.807) is 30.3 Å². The van der Waals surface area contributed by atoms with Crippen LogP contribution in [-0.4, -0.2) is 17.0 Å². The van der Waals surface area contributed by atoms with Crippen molar-refractivity contribution in [1.29, 1.82) is 0 Å². The molecule has 1 heterocycles. The predicted molar refractivity (Wildman–Crippen MR) is 49.6 cm³/mol. The monoisotopic (exact) mass is 206 g/mol. The van der Waals surface area contributed by atoms with Crippen LogP contribution in [0.5, 0.6) is 0 Å². The van der Waals surface area contributed by atoms with Crippen LogP contribution in [0.1, 0.15) is 0 Å². The first-order chi connectivity index (χ1) is 7.20. The number of rotatable bonds is 2. The maximum atomic E-state index is 11.4. The normalized spacial score (nSPS) is 19.6. The number of benzene rings is 1. The molecule has 1 amide bonds. The van der Waals surface area contributed by atoms with Crippen LogP contribution in [0.4, 0.5) is 5.69 Å².